The van der Waals surface area contributed by atoms with Gasteiger partial charge in [0.1, 0.15) is 0 Å². The fraction of sp³-hybridized carbons (Fsp3) is 0.950. The Balaban J connectivity index is 0.000000404. The second-order valence-corrected chi connectivity index (χ2v) is 45.4. The molecule has 6 atom stereocenters. The van der Waals surface area contributed by atoms with E-state index in [0.29, 0.717) is 0 Å². The molecule has 4 fully saturated rings. The van der Waals surface area contributed by atoms with Gasteiger partial charge in [-0.3, -0.25) is 0 Å². The first-order valence-electron chi connectivity index (χ1n) is 10.2. The predicted octanol–water partition coefficient (Wildman–Crippen LogP) is 5.20. The zero-order valence-corrected chi connectivity index (χ0v) is 29.2. The molecular formula is C20H42I4N4V-. The van der Waals surface area contributed by atoms with Crippen molar-refractivity contribution in [1.82, 2.24) is 20.0 Å². The molecule has 4 rings (SSSR count). The summed E-state index contributed by atoms with van der Waals surface area (Å²) in [7, 11) is 6.73. The summed E-state index contributed by atoms with van der Waals surface area (Å²) < 4.78 is 1.22. The Hall–Kier alpha value is 3.34. The molecule has 6 unspecified atom stereocenters. The number of rotatable bonds is 0. The van der Waals surface area contributed by atoms with Crippen LogP contribution in [0.4, 0.5) is 0 Å². The van der Waals surface area contributed by atoms with E-state index in [0.717, 1.165) is 35.8 Å². The first kappa shape index (κ1) is 32.3. The van der Waals surface area contributed by atoms with E-state index in [9.17, 15) is 0 Å². The van der Waals surface area contributed by atoms with Crippen LogP contribution in [0.15, 0.2) is 0 Å². The fourth-order valence-corrected chi connectivity index (χ4v) is 5.10. The molecule has 4 heterocycles. The molecule has 176 valence electrons. The number of nitrogens with one attached hydrogen (secondary N) is 1. The molecule has 4 saturated heterocycles. The molecule has 29 heavy (non-hydrogen) atoms. The van der Waals surface area contributed by atoms with Gasteiger partial charge in [-0.05, 0) is 76.2 Å². The SMILES string of the molecule is CC1C2CN(C)CC2CN1C.CC1C2CNCC2CN1C.CCI.[CH3-].[I][V]([I])[I]. The van der Waals surface area contributed by atoms with Crippen molar-refractivity contribution < 1.29 is 4.92 Å². The molecule has 0 bridgehead atoms. The van der Waals surface area contributed by atoms with Gasteiger partial charge in [-0.2, -0.15) is 0 Å². The van der Waals surface area contributed by atoms with E-state index in [1.165, 1.54) is 43.7 Å². The summed E-state index contributed by atoms with van der Waals surface area (Å²) >= 11 is 9.68. The van der Waals surface area contributed by atoms with Crippen LogP contribution in [0.3, 0.4) is 0 Å². The normalized spacial score (nSPS) is 36.1. The number of alkyl halides is 1. The van der Waals surface area contributed by atoms with Crippen LogP contribution in [-0.2, 0) is 4.92 Å². The van der Waals surface area contributed by atoms with Crippen molar-refractivity contribution in [3.63, 3.8) is 0 Å². The minimum atomic E-state index is -0.278. The molecule has 4 aliphatic heterocycles. The van der Waals surface area contributed by atoms with E-state index in [4.69, 9.17) is 0 Å². The number of hydrogen-bond donors (Lipinski definition) is 1. The average Bonchev–Trinajstić information content (AvgIpc) is 3.30. The zero-order chi connectivity index (χ0) is 21.4. The van der Waals surface area contributed by atoms with Crippen LogP contribution in [0.1, 0.15) is 20.8 Å². The Morgan fingerprint density at radius 2 is 1.28 bits per heavy atom. The third-order valence-electron chi connectivity index (χ3n) is 6.74. The van der Waals surface area contributed by atoms with Crippen LogP contribution in [0.5, 0.6) is 0 Å². The molecule has 0 aromatic carbocycles. The molecule has 4 nitrogen and oxygen atoms in total. The van der Waals surface area contributed by atoms with E-state index >= 15 is 0 Å². The molecule has 0 aliphatic carbocycles. The number of fused-ring (bicyclic) bond motifs is 2. The number of nitrogens with zero attached hydrogens (tertiary/aromatic N) is 3. The summed E-state index contributed by atoms with van der Waals surface area (Å²) in [6.07, 6.45) is 0. The Bertz CT molecular complexity index is 431. The molecule has 0 aromatic rings. The summed E-state index contributed by atoms with van der Waals surface area (Å²) in [5.41, 5.74) is 0. The van der Waals surface area contributed by atoms with E-state index in [-0.39, 0.29) is 12.3 Å². The van der Waals surface area contributed by atoms with Crippen molar-refractivity contribution in [2.24, 2.45) is 23.7 Å². The van der Waals surface area contributed by atoms with Gasteiger partial charge in [0.15, 0.2) is 0 Å². The zero-order valence-electron chi connectivity index (χ0n) is 19.2. The second-order valence-electron chi connectivity index (χ2n) is 8.55. The van der Waals surface area contributed by atoms with Crippen LogP contribution in [0.2, 0.25) is 0 Å². The van der Waals surface area contributed by atoms with Crippen LogP contribution in [0.25, 0.3) is 0 Å². The van der Waals surface area contributed by atoms with E-state index < -0.39 is 0 Å². The first-order chi connectivity index (χ1) is 13.1. The van der Waals surface area contributed by atoms with Gasteiger partial charge in [0, 0.05) is 38.3 Å². The maximum absolute atomic E-state index is 3.45. The molecule has 1 N–H and O–H groups in total. The number of halogens is 4. The van der Waals surface area contributed by atoms with Gasteiger partial charge < -0.3 is 27.4 Å². The molecule has 9 heteroatoms. The van der Waals surface area contributed by atoms with Crippen LogP contribution >= 0.6 is 82.5 Å². The van der Waals surface area contributed by atoms with Crippen LogP contribution < -0.4 is 5.32 Å². The van der Waals surface area contributed by atoms with Crippen molar-refractivity contribution in [3.05, 3.63) is 7.43 Å². The van der Waals surface area contributed by atoms with Crippen LogP contribution in [0, 0.1) is 31.1 Å². The predicted molar refractivity (Wildman–Crippen MR) is 162 cm³/mol. The van der Waals surface area contributed by atoms with E-state index in [1.54, 1.807) is 0 Å². The Morgan fingerprint density at radius 1 is 0.828 bits per heavy atom. The quantitative estimate of drug-likeness (QED) is 0.205. The monoisotopic (exact) mass is 897 g/mol. The Kier molecular flexibility index (Phi) is 18.8. The summed E-state index contributed by atoms with van der Waals surface area (Å²) in [6.45, 7) is 14.6. The Labute approximate surface area is 233 Å². The minimum absolute atomic E-state index is 0. The van der Waals surface area contributed by atoms with Crippen molar-refractivity contribution >= 4 is 82.5 Å². The van der Waals surface area contributed by atoms with Crippen molar-refractivity contribution in [2.45, 2.75) is 32.9 Å². The number of hydrogen-bond acceptors (Lipinski definition) is 4. The van der Waals surface area contributed by atoms with Gasteiger partial charge in [0.05, 0.1) is 0 Å². The molecule has 0 radical (unpaired) electrons. The van der Waals surface area contributed by atoms with E-state index in [1.807, 2.05) is 0 Å². The second kappa shape index (κ2) is 16.9. The van der Waals surface area contributed by atoms with Gasteiger partial charge >= 0.3 is 64.9 Å². The Morgan fingerprint density at radius 3 is 1.72 bits per heavy atom. The van der Waals surface area contributed by atoms with E-state index in [2.05, 4.69) is 144 Å². The summed E-state index contributed by atoms with van der Waals surface area (Å²) in [5.74, 6) is 3.79. The van der Waals surface area contributed by atoms with Crippen molar-refractivity contribution in [2.75, 3.05) is 64.8 Å². The molecular weight excluding hydrogens is 855 g/mol. The molecule has 0 amide bonds. The molecule has 0 saturated carbocycles. The third kappa shape index (κ3) is 11.1. The standard InChI is InChI=1S/C9H18N2.C8H16N2.C2H5I.CH3.3HI.V/c1-7-9-6-10(2)4-8(9)5-11(7)3;1-6-8-4-9-3-7(8)5-10(6)2;1-2-3;;;;;/h7-9H,4-6H2,1-3H3;6-9H,3-5H2,1-2H3;2H2,1H3;1H3;3*1H;/q;;;-1;;;;+3/p-3. The molecule has 0 aromatic heterocycles. The van der Waals surface area contributed by atoms with Gasteiger partial charge in [-0.15, -0.1) is 0 Å². The van der Waals surface area contributed by atoms with Crippen molar-refractivity contribution in [3.8, 4) is 0 Å². The molecule has 0 spiro atoms. The van der Waals surface area contributed by atoms with Gasteiger partial charge in [0.25, 0.3) is 0 Å². The summed E-state index contributed by atoms with van der Waals surface area (Å²) in [5, 5.41) is 3.45. The van der Waals surface area contributed by atoms with Crippen molar-refractivity contribution in [1.29, 1.82) is 0 Å². The molecule has 4 aliphatic rings. The van der Waals surface area contributed by atoms with Gasteiger partial charge in [-0.1, -0.05) is 29.5 Å². The maximum atomic E-state index is 3.45. The average molecular weight is 897 g/mol. The topological polar surface area (TPSA) is 21.8 Å². The third-order valence-corrected chi connectivity index (χ3v) is 6.74. The first-order valence-corrected chi connectivity index (χ1v) is 25.3. The van der Waals surface area contributed by atoms with Crippen LogP contribution in [-0.4, -0.2) is 91.6 Å². The summed E-state index contributed by atoms with van der Waals surface area (Å²) in [4.78, 5) is 7.18. The number of likely N-dealkylation sites (tertiary alicyclic amines) is 3. The van der Waals surface area contributed by atoms with Gasteiger partial charge in [0.2, 0.25) is 0 Å². The summed E-state index contributed by atoms with van der Waals surface area (Å²) in [6, 6.07) is 1.62. The van der Waals surface area contributed by atoms with Gasteiger partial charge in [-0.25, -0.2) is 0 Å². The fourth-order valence-electron chi connectivity index (χ4n) is 5.10.